The fourth-order valence-electron chi connectivity index (χ4n) is 0.591. The summed E-state index contributed by atoms with van der Waals surface area (Å²) >= 11 is 5.12. The van der Waals surface area contributed by atoms with E-state index in [1.807, 2.05) is 25.6 Å². The van der Waals surface area contributed by atoms with E-state index in [1.54, 1.807) is 0 Å². The number of rotatable bonds is 5. The summed E-state index contributed by atoms with van der Waals surface area (Å²) in [7, 11) is 0. The smallest absolute Gasteiger partial charge is 0.236 e. The average Bonchev–Trinajstić information content (AvgIpc) is 1.96. The Morgan fingerprint density at radius 3 is 2.58 bits per heavy atom. The Hall–Kier alpha value is 0.300. The topological polar surface area (TPSA) is 29.1 Å². The van der Waals surface area contributed by atoms with Gasteiger partial charge in [-0.05, 0) is 19.6 Å². The third-order valence-corrected chi connectivity index (χ3v) is 2.54. The number of halogens is 1. The molecule has 0 saturated heterocycles. The number of carbonyl (C=O) groups excluding carboxylic acids is 1. The minimum atomic E-state index is -0.441. The molecule has 0 saturated carbocycles. The predicted molar refractivity (Wildman–Crippen MR) is 59.0 cm³/mol. The third-order valence-electron chi connectivity index (χ3n) is 1.28. The van der Waals surface area contributed by atoms with Gasteiger partial charge in [0.25, 0.3) is 0 Å². The second-order valence-electron chi connectivity index (χ2n) is 2.93. The van der Waals surface area contributed by atoms with Crippen molar-refractivity contribution < 1.29 is 4.79 Å². The Balaban J connectivity index is 3.45. The van der Waals surface area contributed by atoms with Crippen LogP contribution >= 0.6 is 27.7 Å². The maximum absolute atomic E-state index is 11.3. The lowest BCUT2D eigenvalue weighted by molar-refractivity contribution is -0.122. The van der Waals surface area contributed by atoms with Crippen LogP contribution in [0.4, 0.5) is 0 Å². The van der Waals surface area contributed by atoms with Crippen molar-refractivity contribution in [1.29, 1.82) is 0 Å². The zero-order valence-corrected chi connectivity index (χ0v) is 10.2. The van der Waals surface area contributed by atoms with Crippen molar-refractivity contribution in [3.63, 3.8) is 0 Å². The number of alkyl halides is 1. The van der Waals surface area contributed by atoms with E-state index in [4.69, 9.17) is 0 Å². The molecule has 0 atom stereocenters. The zero-order chi connectivity index (χ0) is 9.61. The Bertz CT molecular complexity index is 144. The van der Waals surface area contributed by atoms with Crippen molar-refractivity contribution in [3.8, 4) is 0 Å². The molecule has 12 heavy (non-hydrogen) atoms. The van der Waals surface area contributed by atoms with Gasteiger partial charge in [-0.2, -0.15) is 11.8 Å². The molecule has 0 fully saturated rings. The summed E-state index contributed by atoms with van der Waals surface area (Å²) in [6, 6.07) is 0. The van der Waals surface area contributed by atoms with Gasteiger partial charge in [0.05, 0.1) is 4.32 Å². The molecule has 0 aliphatic heterocycles. The quantitative estimate of drug-likeness (QED) is 0.600. The van der Waals surface area contributed by atoms with Crippen LogP contribution in [-0.4, -0.2) is 28.3 Å². The van der Waals surface area contributed by atoms with Gasteiger partial charge >= 0.3 is 0 Å². The van der Waals surface area contributed by atoms with Crippen LogP contribution in [0.2, 0.25) is 0 Å². The van der Waals surface area contributed by atoms with E-state index in [2.05, 4.69) is 28.2 Å². The molecule has 0 aromatic heterocycles. The molecular formula is C8H16BrNOS. The Morgan fingerprint density at radius 2 is 2.17 bits per heavy atom. The van der Waals surface area contributed by atoms with Crippen LogP contribution in [0.15, 0.2) is 0 Å². The average molecular weight is 254 g/mol. The highest BCUT2D eigenvalue weighted by molar-refractivity contribution is 9.10. The Kier molecular flexibility index (Phi) is 6.01. The van der Waals surface area contributed by atoms with Gasteiger partial charge in [-0.15, -0.1) is 0 Å². The van der Waals surface area contributed by atoms with E-state index in [0.29, 0.717) is 0 Å². The fraction of sp³-hybridized carbons (Fsp3) is 0.875. The summed E-state index contributed by atoms with van der Waals surface area (Å²) in [5.41, 5.74) is 0. The highest BCUT2D eigenvalue weighted by Gasteiger charge is 2.22. The second-order valence-corrected chi connectivity index (χ2v) is 6.30. The molecule has 1 amide bonds. The van der Waals surface area contributed by atoms with E-state index in [0.717, 1.165) is 18.1 Å². The maximum atomic E-state index is 11.3. The van der Waals surface area contributed by atoms with Gasteiger partial charge < -0.3 is 5.32 Å². The molecule has 0 unspecified atom stereocenters. The van der Waals surface area contributed by atoms with E-state index in [9.17, 15) is 4.79 Å². The van der Waals surface area contributed by atoms with E-state index < -0.39 is 4.32 Å². The lowest BCUT2D eigenvalue weighted by atomic mass is 10.2. The standard InChI is InChI=1S/C8H16BrNOS/c1-4-12-6-5-10-7(11)8(2,3)9/h4-6H2,1-3H3,(H,10,11). The van der Waals surface area contributed by atoms with Gasteiger partial charge in [0.15, 0.2) is 0 Å². The molecule has 0 bridgehead atoms. The first kappa shape index (κ1) is 12.3. The Labute approximate surface area is 87.0 Å². The molecule has 0 aromatic rings. The lowest BCUT2D eigenvalue weighted by Gasteiger charge is -2.15. The molecule has 72 valence electrons. The molecule has 0 spiro atoms. The molecule has 1 N–H and O–H groups in total. The summed E-state index contributed by atoms with van der Waals surface area (Å²) < 4.78 is -0.441. The molecule has 0 heterocycles. The normalized spacial score (nSPS) is 11.3. The molecule has 0 aromatic carbocycles. The molecule has 4 heteroatoms. The highest BCUT2D eigenvalue weighted by Crippen LogP contribution is 2.14. The number of carbonyl (C=O) groups is 1. The van der Waals surface area contributed by atoms with Gasteiger partial charge in [-0.1, -0.05) is 22.9 Å². The monoisotopic (exact) mass is 253 g/mol. The summed E-state index contributed by atoms with van der Waals surface area (Å²) in [5.74, 6) is 2.15. The van der Waals surface area contributed by atoms with E-state index >= 15 is 0 Å². The van der Waals surface area contributed by atoms with Crippen molar-refractivity contribution in [2.24, 2.45) is 0 Å². The van der Waals surface area contributed by atoms with E-state index in [-0.39, 0.29) is 5.91 Å². The van der Waals surface area contributed by atoms with Gasteiger partial charge in [-0.25, -0.2) is 0 Å². The SMILES string of the molecule is CCSCCNC(=O)C(C)(C)Br. The number of thioether (sulfide) groups is 1. The third kappa shape index (κ3) is 5.89. The molecule has 0 radical (unpaired) electrons. The van der Waals surface area contributed by atoms with Crippen molar-refractivity contribution in [2.75, 3.05) is 18.1 Å². The van der Waals surface area contributed by atoms with Crippen LogP contribution in [0.3, 0.4) is 0 Å². The predicted octanol–water partition coefficient (Wildman–Crippen LogP) is 2.03. The van der Waals surface area contributed by atoms with Crippen molar-refractivity contribution >= 4 is 33.6 Å². The minimum Gasteiger partial charge on any atom is -0.354 e. The van der Waals surface area contributed by atoms with Crippen LogP contribution in [0, 0.1) is 0 Å². The van der Waals surface area contributed by atoms with E-state index in [1.165, 1.54) is 0 Å². The highest BCUT2D eigenvalue weighted by atomic mass is 79.9. The second kappa shape index (κ2) is 5.86. The van der Waals surface area contributed by atoms with Gasteiger partial charge in [0, 0.05) is 12.3 Å². The van der Waals surface area contributed by atoms with Crippen molar-refractivity contribution in [1.82, 2.24) is 5.32 Å². The summed E-state index contributed by atoms with van der Waals surface area (Å²) in [5, 5.41) is 2.85. The van der Waals surface area contributed by atoms with Crippen LogP contribution in [0.5, 0.6) is 0 Å². The molecule has 0 aliphatic carbocycles. The van der Waals surface area contributed by atoms with Gasteiger partial charge in [0.2, 0.25) is 5.91 Å². The van der Waals surface area contributed by atoms with Gasteiger partial charge in [-0.3, -0.25) is 4.79 Å². The number of hydrogen-bond donors (Lipinski definition) is 1. The fourth-order valence-corrected chi connectivity index (χ4v) is 1.27. The maximum Gasteiger partial charge on any atom is 0.236 e. The first-order valence-corrected chi connectivity index (χ1v) is 5.98. The number of nitrogens with one attached hydrogen (secondary N) is 1. The molecule has 2 nitrogen and oxygen atoms in total. The molecule has 0 aliphatic rings. The molecule has 0 rings (SSSR count). The minimum absolute atomic E-state index is 0.0548. The van der Waals surface area contributed by atoms with Crippen LogP contribution < -0.4 is 5.32 Å². The first-order chi connectivity index (χ1) is 5.48. The van der Waals surface area contributed by atoms with Crippen molar-refractivity contribution in [2.45, 2.75) is 25.1 Å². The lowest BCUT2D eigenvalue weighted by Crippen LogP contribution is -2.38. The van der Waals surface area contributed by atoms with Gasteiger partial charge in [0.1, 0.15) is 0 Å². The summed E-state index contributed by atoms with van der Waals surface area (Å²) in [4.78, 5) is 11.3. The molecular weight excluding hydrogens is 238 g/mol. The Morgan fingerprint density at radius 1 is 1.58 bits per heavy atom. The van der Waals surface area contributed by atoms with Crippen molar-refractivity contribution in [3.05, 3.63) is 0 Å². The van der Waals surface area contributed by atoms with Crippen LogP contribution in [0.1, 0.15) is 20.8 Å². The largest absolute Gasteiger partial charge is 0.354 e. The number of hydrogen-bond acceptors (Lipinski definition) is 2. The summed E-state index contributed by atoms with van der Waals surface area (Å²) in [6.07, 6.45) is 0. The summed E-state index contributed by atoms with van der Waals surface area (Å²) in [6.45, 7) is 6.55. The number of amides is 1. The zero-order valence-electron chi connectivity index (χ0n) is 7.82. The van der Waals surface area contributed by atoms with Crippen LogP contribution in [-0.2, 0) is 4.79 Å². The first-order valence-electron chi connectivity index (χ1n) is 4.03. The van der Waals surface area contributed by atoms with Crippen LogP contribution in [0.25, 0.3) is 0 Å².